The molecule has 0 aromatic carbocycles. The fourth-order valence-electron chi connectivity index (χ4n) is 1.82. The molecule has 0 radical (unpaired) electrons. The van der Waals surface area contributed by atoms with Crippen LogP contribution in [0.5, 0.6) is 0 Å². The first-order valence-corrected chi connectivity index (χ1v) is 4.75. The van der Waals surface area contributed by atoms with Crippen LogP contribution < -0.4 is 10.6 Å². The summed E-state index contributed by atoms with van der Waals surface area (Å²) in [6.07, 6.45) is 6.28. The van der Waals surface area contributed by atoms with E-state index in [4.69, 9.17) is 5.73 Å². The molecular weight excluding hydrogens is 164 g/mol. The molecule has 1 aliphatic rings. The zero-order valence-electron chi connectivity index (χ0n) is 7.98. The monoisotopic (exact) mass is 180 g/mol. The summed E-state index contributed by atoms with van der Waals surface area (Å²) in [5.41, 5.74) is 7.09. The zero-order valence-corrected chi connectivity index (χ0v) is 7.98. The van der Waals surface area contributed by atoms with Crippen molar-refractivity contribution in [3.8, 4) is 0 Å². The number of hydrogen-bond acceptors (Lipinski definition) is 3. The van der Waals surface area contributed by atoms with Crippen LogP contribution in [-0.4, -0.2) is 28.9 Å². The second kappa shape index (κ2) is 3.38. The van der Waals surface area contributed by atoms with Gasteiger partial charge < -0.3 is 10.6 Å². The van der Waals surface area contributed by atoms with Gasteiger partial charge in [-0.2, -0.15) is 5.10 Å². The molecular formula is C9H16N4. The predicted octanol–water partition coefficient (Wildman–Crippen LogP) is 0.348. The summed E-state index contributed by atoms with van der Waals surface area (Å²) in [5, 5.41) is 4.15. The molecule has 1 aromatic rings. The standard InChI is InChI=1S/C9H16N4/c1-12-7-9(5-11-12)13-4-2-3-8(10)6-13/h5,7-8H,2-4,6,10H2,1H3. The lowest BCUT2D eigenvalue weighted by atomic mass is 10.1. The lowest BCUT2D eigenvalue weighted by Crippen LogP contribution is -2.42. The maximum absolute atomic E-state index is 5.90. The summed E-state index contributed by atoms with van der Waals surface area (Å²) >= 11 is 0. The van der Waals surface area contributed by atoms with Gasteiger partial charge in [0.15, 0.2) is 0 Å². The number of anilines is 1. The molecule has 0 amide bonds. The van der Waals surface area contributed by atoms with Crippen LogP contribution in [0.4, 0.5) is 5.69 Å². The fourth-order valence-corrected chi connectivity index (χ4v) is 1.82. The van der Waals surface area contributed by atoms with Crippen LogP contribution in [0.25, 0.3) is 0 Å². The highest BCUT2D eigenvalue weighted by Crippen LogP contribution is 2.17. The van der Waals surface area contributed by atoms with Crippen LogP contribution in [0, 0.1) is 0 Å². The Morgan fingerprint density at radius 1 is 1.62 bits per heavy atom. The van der Waals surface area contributed by atoms with Crippen LogP contribution in [0.3, 0.4) is 0 Å². The van der Waals surface area contributed by atoms with E-state index in [1.807, 2.05) is 24.1 Å². The first-order chi connectivity index (χ1) is 6.25. The SMILES string of the molecule is Cn1cc(N2CCCC(N)C2)cn1. The molecule has 2 rings (SSSR count). The molecule has 4 nitrogen and oxygen atoms in total. The van der Waals surface area contributed by atoms with Crippen molar-refractivity contribution in [2.75, 3.05) is 18.0 Å². The number of hydrogen-bond donors (Lipinski definition) is 1. The van der Waals surface area contributed by atoms with Crippen molar-refractivity contribution in [1.82, 2.24) is 9.78 Å². The van der Waals surface area contributed by atoms with Crippen molar-refractivity contribution < 1.29 is 0 Å². The van der Waals surface area contributed by atoms with Gasteiger partial charge >= 0.3 is 0 Å². The molecule has 0 bridgehead atoms. The molecule has 2 N–H and O–H groups in total. The smallest absolute Gasteiger partial charge is 0.0752 e. The summed E-state index contributed by atoms with van der Waals surface area (Å²) in [5.74, 6) is 0. The van der Waals surface area contributed by atoms with Gasteiger partial charge in [0.25, 0.3) is 0 Å². The van der Waals surface area contributed by atoms with E-state index in [2.05, 4.69) is 10.00 Å². The van der Waals surface area contributed by atoms with Crippen LogP contribution in [0.2, 0.25) is 0 Å². The average Bonchev–Trinajstić information content (AvgIpc) is 2.52. The number of rotatable bonds is 1. The van der Waals surface area contributed by atoms with Gasteiger partial charge in [0.05, 0.1) is 11.9 Å². The van der Waals surface area contributed by atoms with Gasteiger partial charge in [0.1, 0.15) is 0 Å². The van der Waals surface area contributed by atoms with Gasteiger partial charge in [-0.3, -0.25) is 4.68 Å². The molecule has 0 saturated carbocycles. The van der Waals surface area contributed by atoms with Crippen molar-refractivity contribution in [1.29, 1.82) is 0 Å². The van der Waals surface area contributed by atoms with Gasteiger partial charge in [-0.15, -0.1) is 0 Å². The number of aromatic nitrogens is 2. The molecule has 1 aliphatic heterocycles. The molecule has 13 heavy (non-hydrogen) atoms. The van der Waals surface area contributed by atoms with Crippen molar-refractivity contribution >= 4 is 5.69 Å². The largest absolute Gasteiger partial charge is 0.367 e. The topological polar surface area (TPSA) is 47.1 Å². The Hall–Kier alpha value is -1.03. The zero-order chi connectivity index (χ0) is 9.26. The molecule has 1 fully saturated rings. The van der Waals surface area contributed by atoms with Gasteiger partial charge in [0, 0.05) is 32.4 Å². The second-order valence-electron chi connectivity index (χ2n) is 3.72. The predicted molar refractivity (Wildman–Crippen MR) is 52.6 cm³/mol. The first kappa shape index (κ1) is 8.56. The highest BCUT2D eigenvalue weighted by molar-refractivity contribution is 5.42. The van der Waals surface area contributed by atoms with Crippen molar-refractivity contribution in [2.24, 2.45) is 12.8 Å². The minimum atomic E-state index is 0.328. The Morgan fingerprint density at radius 3 is 3.08 bits per heavy atom. The van der Waals surface area contributed by atoms with Crippen LogP contribution in [0.1, 0.15) is 12.8 Å². The Bertz CT molecular complexity index is 281. The maximum atomic E-state index is 5.90. The summed E-state index contributed by atoms with van der Waals surface area (Å²) < 4.78 is 1.83. The number of nitrogens with two attached hydrogens (primary N) is 1. The molecule has 72 valence electrons. The molecule has 1 aromatic heterocycles. The highest BCUT2D eigenvalue weighted by Gasteiger charge is 2.17. The lowest BCUT2D eigenvalue weighted by Gasteiger charge is -2.31. The van der Waals surface area contributed by atoms with E-state index < -0.39 is 0 Å². The van der Waals surface area contributed by atoms with E-state index in [0.29, 0.717) is 6.04 Å². The Morgan fingerprint density at radius 2 is 2.46 bits per heavy atom. The Labute approximate surface area is 78.3 Å². The van der Waals surface area contributed by atoms with Crippen LogP contribution in [0.15, 0.2) is 12.4 Å². The summed E-state index contributed by atoms with van der Waals surface area (Å²) in [6, 6.07) is 0.328. The maximum Gasteiger partial charge on any atom is 0.0752 e. The molecule has 2 heterocycles. The third-order valence-electron chi connectivity index (χ3n) is 2.51. The molecule has 1 atom stereocenters. The summed E-state index contributed by atoms with van der Waals surface area (Å²) in [4.78, 5) is 2.31. The van der Waals surface area contributed by atoms with Crippen molar-refractivity contribution in [2.45, 2.75) is 18.9 Å². The number of piperidine rings is 1. The van der Waals surface area contributed by atoms with Crippen LogP contribution in [-0.2, 0) is 7.05 Å². The fraction of sp³-hybridized carbons (Fsp3) is 0.667. The molecule has 1 unspecified atom stereocenters. The molecule has 0 spiro atoms. The quantitative estimate of drug-likeness (QED) is 0.678. The minimum Gasteiger partial charge on any atom is -0.367 e. The second-order valence-corrected chi connectivity index (χ2v) is 3.72. The van der Waals surface area contributed by atoms with E-state index in [1.54, 1.807) is 0 Å². The Balaban J connectivity index is 2.08. The molecule has 4 heteroatoms. The number of aryl methyl sites for hydroxylation is 1. The van der Waals surface area contributed by atoms with E-state index in [1.165, 1.54) is 12.1 Å². The molecule has 0 aliphatic carbocycles. The Kier molecular flexibility index (Phi) is 2.22. The van der Waals surface area contributed by atoms with E-state index in [9.17, 15) is 0 Å². The van der Waals surface area contributed by atoms with Gasteiger partial charge in [-0.25, -0.2) is 0 Å². The van der Waals surface area contributed by atoms with Gasteiger partial charge in [-0.1, -0.05) is 0 Å². The van der Waals surface area contributed by atoms with Crippen molar-refractivity contribution in [3.05, 3.63) is 12.4 Å². The average molecular weight is 180 g/mol. The summed E-state index contributed by atoms with van der Waals surface area (Å²) in [7, 11) is 1.94. The third kappa shape index (κ3) is 1.83. The van der Waals surface area contributed by atoms with Crippen LogP contribution >= 0.6 is 0 Å². The lowest BCUT2D eigenvalue weighted by molar-refractivity contribution is 0.506. The molecule has 1 saturated heterocycles. The number of nitrogens with zero attached hydrogens (tertiary/aromatic N) is 3. The van der Waals surface area contributed by atoms with Crippen molar-refractivity contribution in [3.63, 3.8) is 0 Å². The third-order valence-corrected chi connectivity index (χ3v) is 2.51. The van der Waals surface area contributed by atoms with E-state index in [0.717, 1.165) is 19.5 Å². The van der Waals surface area contributed by atoms with Gasteiger partial charge in [0.2, 0.25) is 0 Å². The van der Waals surface area contributed by atoms with E-state index in [-0.39, 0.29) is 0 Å². The highest BCUT2D eigenvalue weighted by atomic mass is 15.3. The first-order valence-electron chi connectivity index (χ1n) is 4.75. The summed E-state index contributed by atoms with van der Waals surface area (Å²) in [6.45, 7) is 2.07. The van der Waals surface area contributed by atoms with Gasteiger partial charge in [-0.05, 0) is 12.8 Å². The minimum absolute atomic E-state index is 0.328. The normalized spacial score (nSPS) is 23.5. The van der Waals surface area contributed by atoms with E-state index >= 15 is 0 Å².